The summed E-state index contributed by atoms with van der Waals surface area (Å²) < 4.78 is 5.37. The van der Waals surface area contributed by atoms with Crippen molar-refractivity contribution in [2.24, 2.45) is 0 Å². The first-order valence-corrected chi connectivity index (χ1v) is 5.72. The van der Waals surface area contributed by atoms with Crippen LogP contribution in [0.15, 0.2) is 24.3 Å². The molecule has 94 valence electrons. The molecule has 1 aromatic rings. The van der Waals surface area contributed by atoms with Gasteiger partial charge >= 0.3 is 5.97 Å². The number of aliphatic hydroxyl groups is 1. The molecule has 0 amide bonds. The van der Waals surface area contributed by atoms with E-state index >= 15 is 0 Å². The van der Waals surface area contributed by atoms with Crippen LogP contribution in [0.1, 0.15) is 38.4 Å². The molecule has 4 heteroatoms. The summed E-state index contributed by atoms with van der Waals surface area (Å²) in [5.74, 6) is -0.443. The summed E-state index contributed by atoms with van der Waals surface area (Å²) >= 11 is 0. The van der Waals surface area contributed by atoms with Crippen molar-refractivity contribution in [2.75, 3.05) is 0 Å². The largest absolute Gasteiger partial charge is 0.479 e. The maximum absolute atomic E-state index is 10.9. The van der Waals surface area contributed by atoms with Gasteiger partial charge in [0.15, 0.2) is 6.10 Å². The topological polar surface area (TPSA) is 66.8 Å². The number of carboxylic acid groups (broad SMARTS) is 1. The Morgan fingerprint density at radius 2 is 1.94 bits per heavy atom. The van der Waals surface area contributed by atoms with Gasteiger partial charge in [0.2, 0.25) is 0 Å². The van der Waals surface area contributed by atoms with E-state index in [1.54, 1.807) is 31.2 Å². The molecule has 0 heterocycles. The lowest BCUT2D eigenvalue weighted by molar-refractivity contribution is -0.145. The quantitative estimate of drug-likeness (QED) is 0.798. The zero-order valence-electron chi connectivity index (χ0n) is 10.1. The molecule has 0 aliphatic rings. The van der Waals surface area contributed by atoms with Gasteiger partial charge in [-0.1, -0.05) is 25.5 Å². The van der Waals surface area contributed by atoms with Crippen LogP contribution in [0.2, 0.25) is 0 Å². The Bertz CT molecular complexity index is 356. The van der Waals surface area contributed by atoms with Gasteiger partial charge in [0.1, 0.15) is 5.75 Å². The van der Waals surface area contributed by atoms with Gasteiger partial charge in [-0.15, -0.1) is 0 Å². The van der Waals surface area contributed by atoms with Gasteiger partial charge < -0.3 is 14.9 Å². The van der Waals surface area contributed by atoms with Gasteiger partial charge in [-0.05, 0) is 31.0 Å². The van der Waals surface area contributed by atoms with Crippen molar-refractivity contribution in [3.8, 4) is 5.75 Å². The first-order valence-electron chi connectivity index (χ1n) is 5.72. The van der Waals surface area contributed by atoms with Gasteiger partial charge in [-0.2, -0.15) is 0 Å². The number of hydrogen-bond donors (Lipinski definition) is 2. The molecule has 4 nitrogen and oxygen atoms in total. The highest BCUT2D eigenvalue weighted by Crippen LogP contribution is 2.19. The molecule has 0 saturated heterocycles. The molecule has 0 aliphatic heterocycles. The monoisotopic (exact) mass is 238 g/mol. The first kappa shape index (κ1) is 13.5. The predicted molar refractivity (Wildman–Crippen MR) is 64.0 cm³/mol. The fourth-order valence-corrected chi connectivity index (χ4v) is 1.48. The second-order valence-corrected chi connectivity index (χ2v) is 3.98. The normalized spacial score (nSPS) is 14.1. The summed E-state index contributed by atoms with van der Waals surface area (Å²) in [6, 6.07) is 6.80. The van der Waals surface area contributed by atoms with E-state index in [0.29, 0.717) is 12.2 Å². The number of aliphatic hydroxyl groups excluding tert-OH is 1. The van der Waals surface area contributed by atoms with E-state index in [1.165, 1.54) is 0 Å². The molecule has 0 fully saturated rings. The molecule has 2 unspecified atom stereocenters. The predicted octanol–water partition coefficient (Wildman–Crippen LogP) is 2.37. The number of hydrogen-bond acceptors (Lipinski definition) is 3. The van der Waals surface area contributed by atoms with E-state index in [1.807, 2.05) is 6.92 Å². The molecule has 0 aromatic heterocycles. The SMILES string of the molecule is CCCC(Oc1ccc(C(C)O)cc1)C(=O)O. The molecule has 1 rings (SSSR count). The molecular weight excluding hydrogens is 220 g/mol. The number of benzene rings is 1. The number of ether oxygens (including phenoxy) is 1. The Balaban J connectivity index is 2.70. The third kappa shape index (κ3) is 4.07. The number of aliphatic carboxylic acids is 1. The highest BCUT2D eigenvalue weighted by atomic mass is 16.5. The molecule has 0 bridgehead atoms. The Kier molecular flexibility index (Phi) is 4.97. The van der Waals surface area contributed by atoms with Crippen LogP contribution in [-0.2, 0) is 4.79 Å². The van der Waals surface area contributed by atoms with Crippen LogP contribution in [0.3, 0.4) is 0 Å². The molecular formula is C13H18O4. The molecule has 17 heavy (non-hydrogen) atoms. The van der Waals surface area contributed by atoms with Crippen molar-refractivity contribution < 1.29 is 19.7 Å². The fourth-order valence-electron chi connectivity index (χ4n) is 1.48. The van der Waals surface area contributed by atoms with Gasteiger partial charge in [-0.25, -0.2) is 4.79 Å². The Labute approximate surface area is 101 Å². The van der Waals surface area contributed by atoms with E-state index in [-0.39, 0.29) is 0 Å². The van der Waals surface area contributed by atoms with Gasteiger partial charge in [0.05, 0.1) is 6.10 Å². The lowest BCUT2D eigenvalue weighted by Gasteiger charge is -2.14. The lowest BCUT2D eigenvalue weighted by Crippen LogP contribution is -2.26. The minimum absolute atomic E-state index is 0.480. The van der Waals surface area contributed by atoms with Crippen molar-refractivity contribution in [1.29, 1.82) is 0 Å². The maximum Gasteiger partial charge on any atom is 0.344 e. The van der Waals surface area contributed by atoms with E-state index in [9.17, 15) is 9.90 Å². The van der Waals surface area contributed by atoms with Crippen molar-refractivity contribution in [3.63, 3.8) is 0 Å². The van der Waals surface area contributed by atoms with Crippen LogP contribution in [0, 0.1) is 0 Å². The number of rotatable bonds is 6. The molecule has 1 aromatic carbocycles. The number of carbonyl (C=O) groups is 1. The second-order valence-electron chi connectivity index (χ2n) is 3.98. The van der Waals surface area contributed by atoms with Crippen LogP contribution in [0.25, 0.3) is 0 Å². The highest BCUT2D eigenvalue weighted by Gasteiger charge is 2.17. The first-order chi connectivity index (χ1) is 8.04. The minimum Gasteiger partial charge on any atom is -0.479 e. The van der Waals surface area contributed by atoms with Crippen LogP contribution in [-0.4, -0.2) is 22.3 Å². The zero-order chi connectivity index (χ0) is 12.8. The third-order valence-corrected chi connectivity index (χ3v) is 2.47. The van der Waals surface area contributed by atoms with Crippen LogP contribution >= 0.6 is 0 Å². The number of carboxylic acids is 1. The van der Waals surface area contributed by atoms with Gasteiger partial charge in [-0.3, -0.25) is 0 Å². The smallest absolute Gasteiger partial charge is 0.344 e. The Morgan fingerprint density at radius 1 is 1.35 bits per heavy atom. The van der Waals surface area contributed by atoms with E-state index in [0.717, 1.165) is 12.0 Å². The van der Waals surface area contributed by atoms with Crippen molar-refractivity contribution in [3.05, 3.63) is 29.8 Å². The third-order valence-electron chi connectivity index (χ3n) is 2.47. The maximum atomic E-state index is 10.9. The molecule has 2 N–H and O–H groups in total. The summed E-state index contributed by atoms with van der Waals surface area (Å²) in [6.07, 6.45) is -0.108. The molecule has 0 aliphatic carbocycles. The molecule has 0 radical (unpaired) electrons. The summed E-state index contributed by atoms with van der Waals surface area (Å²) in [6.45, 7) is 3.59. The van der Waals surface area contributed by atoms with Crippen molar-refractivity contribution >= 4 is 5.97 Å². The summed E-state index contributed by atoms with van der Waals surface area (Å²) in [5, 5.41) is 18.3. The lowest BCUT2D eigenvalue weighted by atomic mass is 10.1. The molecule has 2 atom stereocenters. The van der Waals surface area contributed by atoms with E-state index < -0.39 is 18.2 Å². The molecule has 0 spiro atoms. The average Bonchev–Trinajstić information content (AvgIpc) is 2.29. The fraction of sp³-hybridized carbons (Fsp3) is 0.462. The average molecular weight is 238 g/mol. The summed E-state index contributed by atoms with van der Waals surface area (Å²) in [4.78, 5) is 10.9. The van der Waals surface area contributed by atoms with Gasteiger partial charge in [0, 0.05) is 0 Å². The zero-order valence-corrected chi connectivity index (χ0v) is 10.1. The minimum atomic E-state index is -0.952. The summed E-state index contributed by atoms with van der Waals surface area (Å²) in [7, 11) is 0. The second kappa shape index (κ2) is 6.25. The molecule has 0 saturated carbocycles. The van der Waals surface area contributed by atoms with Gasteiger partial charge in [0.25, 0.3) is 0 Å². The van der Waals surface area contributed by atoms with Crippen molar-refractivity contribution in [2.45, 2.75) is 38.9 Å². The van der Waals surface area contributed by atoms with Crippen LogP contribution < -0.4 is 4.74 Å². The van der Waals surface area contributed by atoms with Crippen molar-refractivity contribution in [1.82, 2.24) is 0 Å². The summed E-state index contributed by atoms with van der Waals surface area (Å²) in [5.41, 5.74) is 0.778. The van der Waals surface area contributed by atoms with Crippen LogP contribution in [0.4, 0.5) is 0 Å². The highest BCUT2D eigenvalue weighted by molar-refractivity contribution is 5.72. The van der Waals surface area contributed by atoms with Crippen LogP contribution in [0.5, 0.6) is 5.75 Å². The Hall–Kier alpha value is -1.55. The standard InChI is InChI=1S/C13H18O4/c1-3-4-12(13(15)16)17-11-7-5-10(6-8-11)9(2)14/h5-9,12,14H,3-4H2,1-2H3,(H,15,16). The van der Waals surface area contributed by atoms with E-state index in [4.69, 9.17) is 9.84 Å². The Morgan fingerprint density at radius 3 is 2.35 bits per heavy atom. The van der Waals surface area contributed by atoms with E-state index in [2.05, 4.69) is 0 Å².